The van der Waals surface area contributed by atoms with E-state index in [-0.39, 0.29) is 6.04 Å². The molecule has 1 aliphatic rings. The van der Waals surface area contributed by atoms with Crippen LogP contribution < -0.4 is 10.2 Å². The fraction of sp³-hybridized carbons (Fsp3) is 0.583. The number of aliphatic hydroxyl groups is 2. The first-order valence-corrected chi connectivity index (χ1v) is 5.86. The first kappa shape index (κ1) is 12.3. The number of aromatic nitrogens is 1. The number of nitrogens with one attached hydrogen (secondary N) is 1. The summed E-state index contributed by atoms with van der Waals surface area (Å²) in [6.45, 7) is 2.92. The molecule has 94 valence electrons. The van der Waals surface area contributed by atoms with E-state index in [1.165, 1.54) is 0 Å². The predicted molar refractivity (Wildman–Crippen MR) is 65.9 cm³/mol. The number of anilines is 1. The van der Waals surface area contributed by atoms with E-state index in [1.54, 1.807) is 6.20 Å². The van der Waals surface area contributed by atoms with Gasteiger partial charge in [0.15, 0.2) is 0 Å². The minimum Gasteiger partial charge on any atom is -0.389 e. The lowest BCUT2D eigenvalue weighted by Crippen LogP contribution is -2.25. The summed E-state index contributed by atoms with van der Waals surface area (Å²) in [5, 5.41) is 22.3. The quantitative estimate of drug-likeness (QED) is 0.685. The van der Waals surface area contributed by atoms with Crippen molar-refractivity contribution in [3.63, 3.8) is 0 Å². The second-order valence-corrected chi connectivity index (χ2v) is 4.47. The molecule has 2 heterocycles. The molecule has 5 heteroatoms. The monoisotopic (exact) mass is 237 g/mol. The zero-order valence-electron chi connectivity index (χ0n) is 10.2. The summed E-state index contributed by atoms with van der Waals surface area (Å²) in [5.74, 6) is 0.838. The molecule has 3 unspecified atom stereocenters. The van der Waals surface area contributed by atoms with Crippen LogP contribution >= 0.6 is 0 Å². The zero-order chi connectivity index (χ0) is 12.4. The first-order valence-electron chi connectivity index (χ1n) is 5.86. The lowest BCUT2D eigenvalue weighted by Gasteiger charge is -2.22. The molecule has 1 fully saturated rings. The largest absolute Gasteiger partial charge is 0.389 e. The third-order valence-electron chi connectivity index (χ3n) is 3.27. The van der Waals surface area contributed by atoms with Gasteiger partial charge >= 0.3 is 0 Å². The Morgan fingerprint density at radius 2 is 2.06 bits per heavy atom. The number of rotatable bonds is 3. The van der Waals surface area contributed by atoms with Crippen LogP contribution in [-0.2, 0) is 0 Å². The standard InChI is InChI=1S/C12H19N3O2/c1-8(13-2)9-4-3-5-14-12(9)15-6-10(16)11(17)7-15/h3-5,8,10-11,13,16-17H,6-7H2,1-2H3. The zero-order valence-corrected chi connectivity index (χ0v) is 10.2. The molecule has 0 aromatic carbocycles. The number of hydrogen-bond donors (Lipinski definition) is 3. The molecule has 17 heavy (non-hydrogen) atoms. The number of aliphatic hydroxyl groups excluding tert-OH is 2. The average Bonchev–Trinajstić information content (AvgIpc) is 2.68. The molecule has 0 spiro atoms. The van der Waals surface area contributed by atoms with Crippen molar-refractivity contribution in [2.75, 3.05) is 25.0 Å². The second kappa shape index (κ2) is 5.00. The molecule has 3 N–H and O–H groups in total. The Morgan fingerprint density at radius 3 is 2.65 bits per heavy atom. The van der Waals surface area contributed by atoms with E-state index in [4.69, 9.17) is 0 Å². The molecule has 1 aromatic heterocycles. The van der Waals surface area contributed by atoms with Crippen LogP contribution in [0.3, 0.4) is 0 Å². The molecule has 2 rings (SSSR count). The second-order valence-electron chi connectivity index (χ2n) is 4.47. The predicted octanol–water partition coefficient (Wildman–Crippen LogP) is -0.0962. The smallest absolute Gasteiger partial charge is 0.133 e. The van der Waals surface area contributed by atoms with E-state index < -0.39 is 12.2 Å². The van der Waals surface area contributed by atoms with Gasteiger partial charge in [-0.3, -0.25) is 0 Å². The molecule has 0 amide bonds. The van der Waals surface area contributed by atoms with E-state index in [9.17, 15) is 10.2 Å². The van der Waals surface area contributed by atoms with Crippen LogP contribution in [0.5, 0.6) is 0 Å². The summed E-state index contributed by atoms with van der Waals surface area (Å²) in [6, 6.07) is 4.10. The van der Waals surface area contributed by atoms with Crippen molar-refractivity contribution in [1.82, 2.24) is 10.3 Å². The maximum Gasteiger partial charge on any atom is 0.133 e. The van der Waals surface area contributed by atoms with Gasteiger partial charge in [0.25, 0.3) is 0 Å². The lowest BCUT2D eigenvalue weighted by molar-refractivity contribution is 0.0572. The van der Waals surface area contributed by atoms with Crippen molar-refractivity contribution in [2.45, 2.75) is 25.2 Å². The topological polar surface area (TPSA) is 68.6 Å². The highest BCUT2D eigenvalue weighted by Gasteiger charge is 2.31. The Kier molecular flexibility index (Phi) is 3.61. The molecular weight excluding hydrogens is 218 g/mol. The summed E-state index contributed by atoms with van der Waals surface area (Å²) in [7, 11) is 1.90. The molecule has 1 aliphatic heterocycles. The number of β-amino-alcohol motifs (C(OH)–C–C–N with tert-alkyl or cyclic N) is 2. The summed E-state index contributed by atoms with van der Waals surface area (Å²) in [4.78, 5) is 6.29. The van der Waals surface area contributed by atoms with Crippen LogP contribution in [0.15, 0.2) is 18.3 Å². The van der Waals surface area contributed by atoms with Gasteiger partial charge in [0.05, 0.1) is 12.2 Å². The lowest BCUT2D eigenvalue weighted by atomic mass is 10.1. The van der Waals surface area contributed by atoms with E-state index >= 15 is 0 Å². The number of hydrogen-bond acceptors (Lipinski definition) is 5. The van der Waals surface area contributed by atoms with Crippen LogP contribution in [0.2, 0.25) is 0 Å². The van der Waals surface area contributed by atoms with Gasteiger partial charge in [-0.25, -0.2) is 4.98 Å². The van der Waals surface area contributed by atoms with Crippen molar-refractivity contribution in [2.24, 2.45) is 0 Å². The molecule has 5 nitrogen and oxygen atoms in total. The Balaban J connectivity index is 2.26. The van der Waals surface area contributed by atoms with E-state index in [1.807, 2.05) is 24.1 Å². The molecule has 1 aromatic rings. The minimum absolute atomic E-state index is 0.189. The van der Waals surface area contributed by atoms with Crippen LogP contribution in [-0.4, -0.2) is 47.5 Å². The molecule has 3 atom stereocenters. The van der Waals surface area contributed by atoms with Crippen LogP contribution in [0.25, 0.3) is 0 Å². The Labute approximate surface area is 101 Å². The number of pyridine rings is 1. The summed E-state index contributed by atoms with van der Waals surface area (Å²) < 4.78 is 0. The fourth-order valence-electron chi connectivity index (χ4n) is 2.11. The van der Waals surface area contributed by atoms with Gasteiger partial charge in [-0.15, -0.1) is 0 Å². The van der Waals surface area contributed by atoms with Gasteiger partial charge in [-0.1, -0.05) is 6.07 Å². The van der Waals surface area contributed by atoms with Crippen LogP contribution in [0.4, 0.5) is 5.82 Å². The summed E-state index contributed by atoms with van der Waals surface area (Å²) in [6.07, 6.45) is 0.364. The van der Waals surface area contributed by atoms with E-state index in [0.717, 1.165) is 11.4 Å². The molecule has 0 bridgehead atoms. The average molecular weight is 237 g/mol. The van der Waals surface area contributed by atoms with Crippen molar-refractivity contribution in [1.29, 1.82) is 0 Å². The molecule has 1 saturated heterocycles. The maximum absolute atomic E-state index is 9.58. The van der Waals surface area contributed by atoms with Gasteiger partial charge in [0.2, 0.25) is 0 Å². The first-order chi connectivity index (χ1) is 8.13. The van der Waals surface area contributed by atoms with Crippen molar-refractivity contribution < 1.29 is 10.2 Å². The molecule has 0 aliphatic carbocycles. The highest BCUT2D eigenvalue weighted by Crippen LogP contribution is 2.26. The normalized spacial score (nSPS) is 26.2. The van der Waals surface area contributed by atoms with E-state index in [0.29, 0.717) is 13.1 Å². The van der Waals surface area contributed by atoms with E-state index in [2.05, 4.69) is 17.2 Å². The van der Waals surface area contributed by atoms with Gasteiger partial charge in [0.1, 0.15) is 5.82 Å². The highest BCUT2D eigenvalue weighted by molar-refractivity contribution is 5.49. The van der Waals surface area contributed by atoms with Crippen molar-refractivity contribution in [3.05, 3.63) is 23.9 Å². The minimum atomic E-state index is -0.685. The SMILES string of the molecule is CNC(C)c1cccnc1N1CC(O)C(O)C1. The molecule has 0 saturated carbocycles. The Morgan fingerprint density at radius 1 is 1.41 bits per heavy atom. The third-order valence-corrected chi connectivity index (χ3v) is 3.27. The highest BCUT2D eigenvalue weighted by atomic mass is 16.3. The summed E-state index contributed by atoms with van der Waals surface area (Å²) >= 11 is 0. The Bertz CT molecular complexity index is 376. The molecular formula is C12H19N3O2. The van der Waals surface area contributed by atoms with Gasteiger partial charge in [-0.05, 0) is 20.0 Å². The summed E-state index contributed by atoms with van der Waals surface area (Å²) in [5.41, 5.74) is 1.08. The van der Waals surface area contributed by atoms with Crippen LogP contribution in [0, 0.1) is 0 Å². The van der Waals surface area contributed by atoms with Crippen LogP contribution in [0.1, 0.15) is 18.5 Å². The fourth-order valence-corrected chi connectivity index (χ4v) is 2.11. The van der Waals surface area contributed by atoms with Gasteiger partial charge in [-0.2, -0.15) is 0 Å². The molecule has 0 radical (unpaired) electrons. The Hall–Kier alpha value is -1.17. The van der Waals surface area contributed by atoms with Gasteiger partial charge in [0, 0.05) is 30.9 Å². The van der Waals surface area contributed by atoms with Gasteiger partial charge < -0.3 is 20.4 Å². The number of nitrogens with zero attached hydrogens (tertiary/aromatic N) is 2. The van der Waals surface area contributed by atoms with Crippen molar-refractivity contribution in [3.8, 4) is 0 Å². The van der Waals surface area contributed by atoms with Crippen molar-refractivity contribution >= 4 is 5.82 Å². The third kappa shape index (κ3) is 2.41. The maximum atomic E-state index is 9.58.